The number of aryl methyl sites for hydroxylation is 1. The fraction of sp³-hybridized carbons (Fsp3) is 0.222. The van der Waals surface area contributed by atoms with Crippen molar-refractivity contribution in [1.82, 2.24) is 9.38 Å². The summed E-state index contributed by atoms with van der Waals surface area (Å²) in [6.07, 6.45) is 3.90. The molecular weight excluding hydrogens is 310 g/mol. The Balaban J connectivity index is 1.83. The third-order valence-corrected chi connectivity index (χ3v) is 3.95. The number of likely N-dealkylation sites (N-methyl/N-ethyl adjacent to an activating group) is 1. The van der Waals surface area contributed by atoms with Crippen LogP contribution in [0.1, 0.15) is 18.2 Å². The summed E-state index contributed by atoms with van der Waals surface area (Å²) in [6, 6.07) is 11.6. The van der Waals surface area contributed by atoms with Crippen LogP contribution in [0.3, 0.4) is 0 Å². The Hall–Kier alpha value is -2.33. The van der Waals surface area contributed by atoms with E-state index >= 15 is 0 Å². The van der Waals surface area contributed by atoms with Gasteiger partial charge in [-0.1, -0.05) is 23.7 Å². The molecule has 0 aliphatic heterocycles. The van der Waals surface area contributed by atoms with E-state index < -0.39 is 0 Å². The van der Waals surface area contributed by atoms with Crippen molar-refractivity contribution in [1.29, 1.82) is 0 Å². The first-order valence-electron chi connectivity index (χ1n) is 7.57. The summed E-state index contributed by atoms with van der Waals surface area (Å²) in [6.45, 7) is 4.62. The van der Waals surface area contributed by atoms with Crippen LogP contribution in [0, 0.1) is 6.92 Å². The highest BCUT2D eigenvalue weighted by molar-refractivity contribution is 6.30. The van der Waals surface area contributed by atoms with Crippen LogP contribution in [-0.4, -0.2) is 21.8 Å². The quantitative estimate of drug-likeness (QED) is 0.729. The Bertz CT molecular complexity index is 856. The molecule has 2 aromatic heterocycles. The minimum atomic E-state index is 0.0348. The number of pyridine rings is 1. The first kappa shape index (κ1) is 15.6. The van der Waals surface area contributed by atoms with E-state index in [1.54, 1.807) is 17.2 Å². The van der Waals surface area contributed by atoms with Gasteiger partial charge in [0.1, 0.15) is 5.65 Å². The molecule has 0 atom stereocenters. The van der Waals surface area contributed by atoms with Gasteiger partial charge in [0, 0.05) is 24.6 Å². The number of imidazole rings is 1. The normalized spacial score (nSPS) is 10.9. The zero-order valence-corrected chi connectivity index (χ0v) is 13.9. The van der Waals surface area contributed by atoms with E-state index in [1.165, 1.54) is 0 Å². The van der Waals surface area contributed by atoms with Gasteiger partial charge in [-0.15, -0.1) is 0 Å². The minimum Gasteiger partial charge on any atom is -0.312 e. The molecule has 0 aliphatic rings. The maximum absolute atomic E-state index is 12.6. The molecule has 0 N–H and O–H groups in total. The van der Waals surface area contributed by atoms with Crippen LogP contribution in [0.4, 0.5) is 5.69 Å². The zero-order chi connectivity index (χ0) is 16.4. The molecule has 3 rings (SSSR count). The SMILES string of the molecule is CCN(C(=O)Cc1cn2cc(Cl)ccc2n1)c1cccc(C)c1. The van der Waals surface area contributed by atoms with E-state index in [0.29, 0.717) is 11.6 Å². The average molecular weight is 328 g/mol. The molecule has 0 aliphatic carbocycles. The first-order chi connectivity index (χ1) is 11.1. The van der Waals surface area contributed by atoms with Crippen molar-refractivity contribution in [3.63, 3.8) is 0 Å². The Morgan fingerprint density at radius 2 is 2.09 bits per heavy atom. The summed E-state index contributed by atoms with van der Waals surface area (Å²) in [4.78, 5) is 18.9. The molecule has 2 heterocycles. The van der Waals surface area contributed by atoms with Crippen LogP contribution >= 0.6 is 11.6 Å². The summed E-state index contributed by atoms with van der Waals surface area (Å²) < 4.78 is 1.84. The second-order valence-corrected chi connectivity index (χ2v) is 5.94. The Morgan fingerprint density at radius 1 is 1.26 bits per heavy atom. The number of nitrogens with zero attached hydrogens (tertiary/aromatic N) is 3. The second-order valence-electron chi connectivity index (χ2n) is 5.50. The summed E-state index contributed by atoms with van der Waals surface area (Å²) >= 11 is 5.98. The number of rotatable bonds is 4. The molecule has 0 spiro atoms. The molecule has 1 aromatic carbocycles. The molecule has 0 fully saturated rings. The summed E-state index contributed by atoms with van der Waals surface area (Å²) in [5, 5.41) is 0.641. The van der Waals surface area contributed by atoms with Crippen molar-refractivity contribution in [3.05, 3.63) is 65.1 Å². The Kier molecular flexibility index (Phi) is 4.35. The predicted molar refractivity (Wildman–Crippen MR) is 93.1 cm³/mol. The van der Waals surface area contributed by atoms with Crippen molar-refractivity contribution in [3.8, 4) is 0 Å². The smallest absolute Gasteiger partial charge is 0.233 e. The van der Waals surface area contributed by atoms with Gasteiger partial charge in [0.15, 0.2) is 0 Å². The summed E-state index contributed by atoms with van der Waals surface area (Å²) in [7, 11) is 0. The van der Waals surface area contributed by atoms with E-state index in [-0.39, 0.29) is 12.3 Å². The number of benzene rings is 1. The lowest BCUT2D eigenvalue weighted by Gasteiger charge is -2.21. The number of aromatic nitrogens is 2. The molecule has 23 heavy (non-hydrogen) atoms. The van der Waals surface area contributed by atoms with Gasteiger partial charge < -0.3 is 9.30 Å². The molecular formula is C18H18ClN3O. The highest BCUT2D eigenvalue weighted by atomic mass is 35.5. The van der Waals surface area contributed by atoms with Crippen LogP contribution in [0.15, 0.2) is 48.8 Å². The third-order valence-electron chi connectivity index (χ3n) is 3.73. The fourth-order valence-electron chi connectivity index (χ4n) is 2.65. The molecule has 4 nitrogen and oxygen atoms in total. The second kappa shape index (κ2) is 6.42. The number of carbonyl (C=O) groups excluding carboxylic acids is 1. The number of amides is 1. The van der Waals surface area contributed by atoms with Crippen LogP contribution in [0.5, 0.6) is 0 Å². The van der Waals surface area contributed by atoms with E-state index in [9.17, 15) is 4.79 Å². The molecule has 5 heteroatoms. The van der Waals surface area contributed by atoms with Gasteiger partial charge >= 0.3 is 0 Å². The number of hydrogen-bond acceptors (Lipinski definition) is 2. The fourth-order valence-corrected chi connectivity index (χ4v) is 2.82. The Morgan fingerprint density at radius 3 is 2.83 bits per heavy atom. The van der Waals surface area contributed by atoms with Crippen LogP contribution in [0.2, 0.25) is 5.02 Å². The molecule has 3 aromatic rings. The van der Waals surface area contributed by atoms with Crippen molar-refractivity contribution in [2.75, 3.05) is 11.4 Å². The van der Waals surface area contributed by atoms with Gasteiger partial charge in [0.05, 0.1) is 17.1 Å². The van der Waals surface area contributed by atoms with Gasteiger partial charge in [-0.2, -0.15) is 0 Å². The third kappa shape index (κ3) is 3.37. The zero-order valence-electron chi connectivity index (χ0n) is 13.2. The Labute approximate surface area is 140 Å². The number of hydrogen-bond donors (Lipinski definition) is 0. The topological polar surface area (TPSA) is 37.6 Å². The van der Waals surface area contributed by atoms with Gasteiger partial charge in [-0.3, -0.25) is 4.79 Å². The standard InChI is InChI=1S/C18H18ClN3O/c1-3-22(16-6-4-5-13(2)9-16)18(23)10-15-12-21-11-14(19)7-8-17(21)20-15/h4-9,11-12H,3,10H2,1-2H3. The lowest BCUT2D eigenvalue weighted by Crippen LogP contribution is -2.32. The summed E-state index contributed by atoms with van der Waals surface area (Å²) in [5.74, 6) is 0.0348. The molecule has 0 saturated carbocycles. The number of halogens is 1. The van der Waals surface area contributed by atoms with E-state index in [4.69, 9.17) is 11.6 Å². The average Bonchev–Trinajstić information content (AvgIpc) is 2.89. The van der Waals surface area contributed by atoms with Crippen molar-refractivity contribution >= 4 is 28.8 Å². The van der Waals surface area contributed by atoms with Gasteiger partial charge in [-0.25, -0.2) is 4.98 Å². The van der Waals surface area contributed by atoms with E-state index in [2.05, 4.69) is 4.98 Å². The highest BCUT2D eigenvalue weighted by Gasteiger charge is 2.16. The highest BCUT2D eigenvalue weighted by Crippen LogP contribution is 2.18. The molecule has 118 valence electrons. The van der Waals surface area contributed by atoms with Crippen LogP contribution < -0.4 is 4.90 Å². The van der Waals surface area contributed by atoms with Gasteiger partial charge in [-0.05, 0) is 43.7 Å². The molecule has 1 amide bonds. The molecule has 0 radical (unpaired) electrons. The minimum absolute atomic E-state index is 0.0348. The molecule has 0 bridgehead atoms. The number of fused-ring (bicyclic) bond motifs is 1. The van der Waals surface area contributed by atoms with Crippen molar-refractivity contribution in [2.45, 2.75) is 20.3 Å². The molecule has 0 unspecified atom stereocenters. The van der Waals surface area contributed by atoms with Gasteiger partial charge in [0.25, 0.3) is 0 Å². The maximum atomic E-state index is 12.6. The summed E-state index contributed by atoms with van der Waals surface area (Å²) in [5.41, 5.74) is 3.58. The van der Waals surface area contributed by atoms with E-state index in [1.807, 2.05) is 54.8 Å². The molecule has 0 saturated heterocycles. The van der Waals surface area contributed by atoms with E-state index in [0.717, 1.165) is 22.6 Å². The van der Waals surface area contributed by atoms with Gasteiger partial charge in [0.2, 0.25) is 5.91 Å². The lowest BCUT2D eigenvalue weighted by molar-refractivity contribution is -0.118. The monoisotopic (exact) mass is 327 g/mol. The lowest BCUT2D eigenvalue weighted by atomic mass is 10.2. The number of carbonyl (C=O) groups is 1. The largest absolute Gasteiger partial charge is 0.312 e. The van der Waals surface area contributed by atoms with Crippen LogP contribution in [0.25, 0.3) is 5.65 Å². The van der Waals surface area contributed by atoms with Crippen molar-refractivity contribution in [2.24, 2.45) is 0 Å². The van der Waals surface area contributed by atoms with Crippen LogP contribution in [-0.2, 0) is 11.2 Å². The maximum Gasteiger partial charge on any atom is 0.233 e. The van der Waals surface area contributed by atoms with Crippen molar-refractivity contribution < 1.29 is 4.79 Å². The first-order valence-corrected chi connectivity index (χ1v) is 7.95. The number of anilines is 1. The predicted octanol–water partition coefficient (Wildman–Crippen LogP) is 3.89.